The number of oxazole rings is 1. The van der Waals surface area contributed by atoms with Crippen molar-refractivity contribution in [3.8, 4) is 0 Å². The Morgan fingerprint density at radius 3 is 3.00 bits per heavy atom. The van der Waals surface area contributed by atoms with E-state index in [1.54, 1.807) is 0 Å². The molecule has 110 valence electrons. The van der Waals surface area contributed by atoms with Gasteiger partial charge < -0.3 is 14.6 Å². The maximum absolute atomic E-state index is 12.4. The van der Waals surface area contributed by atoms with E-state index in [0.29, 0.717) is 11.9 Å². The summed E-state index contributed by atoms with van der Waals surface area (Å²) in [5.74, 6) is 0.815. The zero-order valence-corrected chi connectivity index (χ0v) is 11.9. The first-order valence-corrected chi connectivity index (χ1v) is 7.71. The number of amides is 1. The molecular formula is C16H19N3O2. The highest BCUT2D eigenvalue weighted by Crippen LogP contribution is 2.30. The Morgan fingerprint density at radius 1 is 1.33 bits per heavy atom. The molecule has 1 aliphatic carbocycles. The summed E-state index contributed by atoms with van der Waals surface area (Å²) in [7, 11) is 0. The van der Waals surface area contributed by atoms with Crippen molar-refractivity contribution in [1.82, 2.24) is 10.3 Å². The van der Waals surface area contributed by atoms with Crippen LogP contribution in [0, 0.1) is 5.92 Å². The molecular weight excluding hydrogens is 266 g/mol. The molecule has 2 fully saturated rings. The second kappa shape index (κ2) is 5.06. The highest BCUT2D eigenvalue weighted by Gasteiger charge is 2.34. The Labute approximate surface area is 123 Å². The van der Waals surface area contributed by atoms with Crippen LogP contribution in [0.2, 0.25) is 0 Å². The number of aromatic nitrogens is 1. The summed E-state index contributed by atoms with van der Waals surface area (Å²) < 4.78 is 5.81. The van der Waals surface area contributed by atoms with E-state index in [4.69, 9.17) is 4.42 Å². The minimum Gasteiger partial charge on any atom is -0.423 e. The monoisotopic (exact) mass is 285 g/mol. The van der Waals surface area contributed by atoms with Crippen LogP contribution in [0.1, 0.15) is 25.7 Å². The molecule has 1 atom stereocenters. The zero-order chi connectivity index (χ0) is 14.2. The van der Waals surface area contributed by atoms with Crippen molar-refractivity contribution in [2.45, 2.75) is 31.7 Å². The fourth-order valence-corrected chi connectivity index (χ4v) is 2.94. The first kappa shape index (κ1) is 12.7. The Kier molecular flexibility index (Phi) is 3.05. The molecule has 21 heavy (non-hydrogen) atoms. The summed E-state index contributed by atoms with van der Waals surface area (Å²) in [4.78, 5) is 18.9. The molecule has 2 aliphatic rings. The third-order valence-corrected chi connectivity index (χ3v) is 4.35. The summed E-state index contributed by atoms with van der Waals surface area (Å²) in [6.45, 7) is 1.64. The molecule has 0 radical (unpaired) electrons. The molecule has 1 aliphatic heterocycles. The Morgan fingerprint density at radius 2 is 2.19 bits per heavy atom. The lowest BCUT2D eigenvalue weighted by atomic mass is 10.2. The van der Waals surface area contributed by atoms with Gasteiger partial charge in [0.05, 0.1) is 0 Å². The van der Waals surface area contributed by atoms with Crippen molar-refractivity contribution in [1.29, 1.82) is 0 Å². The average molecular weight is 285 g/mol. The van der Waals surface area contributed by atoms with Crippen molar-refractivity contribution in [3.05, 3.63) is 24.3 Å². The van der Waals surface area contributed by atoms with Gasteiger partial charge in [0.15, 0.2) is 5.58 Å². The van der Waals surface area contributed by atoms with Crippen LogP contribution < -0.4 is 10.2 Å². The van der Waals surface area contributed by atoms with Gasteiger partial charge in [-0.1, -0.05) is 12.1 Å². The van der Waals surface area contributed by atoms with Crippen LogP contribution in [-0.2, 0) is 4.79 Å². The maximum Gasteiger partial charge on any atom is 0.299 e. The summed E-state index contributed by atoms with van der Waals surface area (Å²) >= 11 is 0. The topological polar surface area (TPSA) is 58.4 Å². The Bertz CT molecular complexity index is 629. The predicted molar refractivity (Wildman–Crippen MR) is 80.1 cm³/mol. The minimum absolute atomic E-state index is 0.113. The standard InChI is InChI=1S/C16H19N3O2/c20-15(17-10-11-7-8-11)13-5-3-9-19(13)16-18-12-4-1-2-6-14(12)21-16/h1-2,4,6,11,13H,3,5,7-10H2,(H,17,20). The maximum atomic E-state index is 12.4. The smallest absolute Gasteiger partial charge is 0.299 e. The van der Waals surface area contributed by atoms with Gasteiger partial charge in [-0.3, -0.25) is 4.79 Å². The number of hydrogen-bond acceptors (Lipinski definition) is 4. The summed E-state index contributed by atoms with van der Waals surface area (Å²) in [5, 5.41) is 3.07. The third-order valence-electron chi connectivity index (χ3n) is 4.35. The number of rotatable bonds is 4. The minimum atomic E-state index is -0.142. The molecule has 1 saturated heterocycles. The molecule has 4 rings (SSSR count). The van der Waals surface area contributed by atoms with Gasteiger partial charge in [-0.15, -0.1) is 0 Å². The van der Waals surface area contributed by atoms with Gasteiger partial charge in [0.25, 0.3) is 6.01 Å². The van der Waals surface area contributed by atoms with Crippen molar-refractivity contribution in [2.75, 3.05) is 18.0 Å². The predicted octanol–water partition coefficient (Wildman–Crippen LogP) is 2.32. The molecule has 2 heterocycles. The fourth-order valence-electron chi connectivity index (χ4n) is 2.94. The molecule has 1 unspecified atom stereocenters. The van der Waals surface area contributed by atoms with Crippen LogP contribution in [0.3, 0.4) is 0 Å². The van der Waals surface area contributed by atoms with Gasteiger partial charge >= 0.3 is 0 Å². The average Bonchev–Trinajstić information content (AvgIpc) is 3.03. The van der Waals surface area contributed by atoms with E-state index in [0.717, 1.165) is 37.0 Å². The van der Waals surface area contributed by atoms with Gasteiger partial charge in [-0.25, -0.2) is 0 Å². The number of nitrogens with one attached hydrogen (secondary N) is 1. The number of anilines is 1. The van der Waals surface area contributed by atoms with Gasteiger partial charge in [-0.05, 0) is 43.7 Å². The quantitative estimate of drug-likeness (QED) is 0.936. The summed E-state index contributed by atoms with van der Waals surface area (Å²) in [6, 6.07) is 8.14. The van der Waals surface area contributed by atoms with Crippen molar-refractivity contribution < 1.29 is 9.21 Å². The molecule has 1 aromatic heterocycles. The summed E-state index contributed by atoms with van der Waals surface area (Å²) in [5.41, 5.74) is 1.62. The molecule has 5 nitrogen and oxygen atoms in total. The first-order chi connectivity index (χ1) is 10.3. The Balaban J connectivity index is 1.53. The number of fused-ring (bicyclic) bond motifs is 1. The normalized spacial score (nSPS) is 21.9. The molecule has 0 bridgehead atoms. The number of carbonyl (C=O) groups is 1. The van der Waals surface area contributed by atoms with Crippen LogP contribution >= 0.6 is 0 Å². The highest BCUT2D eigenvalue weighted by molar-refractivity contribution is 5.85. The van der Waals surface area contributed by atoms with Crippen molar-refractivity contribution in [3.63, 3.8) is 0 Å². The number of nitrogens with zero attached hydrogens (tertiary/aromatic N) is 2. The largest absolute Gasteiger partial charge is 0.423 e. The second-order valence-electron chi connectivity index (χ2n) is 6.00. The van der Waals surface area contributed by atoms with E-state index >= 15 is 0 Å². The molecule has 1 saturated carbocycles. The van der Waals surface area contributed by atoms with Gasteiger partial charge in [0.2, 0.25) is 5.91 Å². The van der Waals surface area contributed by atoms with Gasteiger partial charge in [0.1, 0.15) is 11.6 Å². The highest BCUT2D eigenvalue weighted by atomic mass is 16.4. The van der Waals surface area contributed by atoms with Crippen LogP contribution in [0.25, 0.3) is 11.1 Å². The third kappa shape index (κ3) is 2.48. The van der Waals surface area contributed by atoms with E-state index in [2.05, 4.69) is 10.3 Å². The summed E-state index contributed by atoms with van der Waals surface area (Å²) in [6.07, 6.45) is 4.37. The molecule has 0 spiro atoms. The van der Waals surface area contributed by atoms with Crippen molar-refractivity contribution >= 4 is 23.0 Å². The number of carbonyl (C=O) groups excluding carboxylic acids is 1. The molecule has 1 amide bonds. The van der Waals surface area contributed by atoms with Crippen LogP contribution in [0.15, 0.2) is 28.7 Å². The van der Waals surface area contributed by atoms with E-state index in [-0.39, 0.29) is 11.9 Å². The molecule has 1 N–H and O–H groups in total. The zero-order valence-electron chi connectivity index (χ0n) is 11.9. The fraction of sp³-hybridized carbons (Fsp3) is 0.500. The first-order valence-electron chi connectivity index (χ1n) is 7.71. The van der Waals surface area contributed by atoms with E-state index in [9.17, 15) is 4.79 Å². The van der Waals surface area contributed by atoms with Crippen LogP contribution in [0.4, 0.5) is 6.01 Å². The van der Waals surface area contributed by atoms with E-state index in [1.807, 2.05) is 29.2 Å². The Hall–Kier alpha value is -2.04. The lowest BCUT2D eigenvalue weighted by molar-refractivity contribution is -0.122. The molecule has 5 heteroatoms. The van der Waals surface area contributed by atoms with Gasteiger partial charge in [-0.2, -0.15) is 4.98 Å². The number of hydrogen-bond donors (Lipinski definition) is 1. The molecule has 1 aromatic carbocycles. The SMILES string of the molecule is O=C(NCC1CC1)C1CCCN1c1nc2ccccc2o1. The van der Waals surface area contributed by atoms with E-state index in [1.165, 1.54) is 12.8 Å². The number of para-hydroxylation sites is 2. The molecule has 2 aromatic rings. The van der Waals surface area contributed by atoms with Crippen LogP contribution in [0.5, 0.6) is 0 Å². The lowest BCUT2D eigenvalue weighted by Gasteiger charge is -2.21. The number of benzene rings is 1. The lowest BCUT2D eigenvalue weighted by Crippen LogP contribution is -2.44. The second-order valence-corrected chi connectivity index (χ2v) is 6.00. The van der Waals surface area contributed by atoms with Crippen LogP contribution in [-0.4, -0.2) is 30.0 Å². The van der Waals surface area contributed by atoms with Gasteiger partial charge in [0, 0.05) is 13.1 Å². The van der Waals surface area contributed by atoms with Crippen molar-refractivity contribution in [2.24, 2.45) is 5.92 Å². The van der Waals surface area contributed by atoms with E-state index < -0.39 is 0 Å².